The van der Waals surface area contributed by atoms with Crippen LogP contribution in [0.1, 0.15) is 71.1 Å². The number of ether oxygens (including phenoxy) is 1. The maximum Gasteiger partial charge on any atom is 0.323 e. The van der Waals surface area contributed by atoms with Crippen LogP contribution in [0, 0.1) is 0 Å². The Morgan fingerprint density at radius 1 is 0.622 bits per heavy atom. The number of hydrogen-bond acceptors (Lipinski definition) is 6. The van der Waals surface area contributed by atoms with E-state index in [9.17, 15) is 0 Å². The summed E-state index contributed by atoms with van der Waals surface area (Å²) in [5.41, 5.74) is 1.81. The summed E-state index contributed by atoms with van der Waals surface area (Å²) in [5.74, 6) is 0.874. The van der Waals surface area contributed by atoms with Gasteiger partial charge in [-0.1, -0.05) is 114 Å². The third kappa shape index (κ3) is 9.05. The summed E-state index contributed by atoms with van der Waals surface area (Å²) in [6.45, 7) is 10.8. The fourth-order valence-electron chi connectivity index (χ4n) is 4.15. The van der Waals surface area contributed by atoms with Crippen molar-refractivity contribution in [3.63, 3.8) is 0 Å². The molecule has 0 aliphatic rings. The molecule has 6 nitrogen and oxygen atoms in total. The molecule has 37 heavy (non-hydrogen) atoms. The molecule has 0 radical (unpaired) electrons. The number of unbranched alkanes of at least 4 members (excludes halogenated alkanes) is 9. The van der Waals surface area contributed by atoms with Crippen LogP contribution in [0.5, 0.6) is 6.01 Å². The van der Waals surface area contributed by atoms with Crippen LogP contribution in [0.3, 0.4) is 0 Å². The van der Waals surface area contributed by atoms with Gasteiger partial charge in [0.1, 0.15) is 0 Å². The van der Waals surface area contributed by atoms with Gasteiger partial charge in [0.25, 0.3) is 0 Å². The van der Waals surface area contributed by atoms with E-state index in [-0.39, 0.29) is 0 Å². The van der Waals surface area contributed by atoms with Crippen LogP contribution in [-0.2, 0) is 0 Å². The Labute approximate surface area is 222 Å². The van der Waals surface area contributed by atoms with Crippen molar-refractivity contribution in [3.8, 4) is 6.01 Å². The molecule has 0 aliphatic heterocycles. The van der Waals surface area contributed by atoms with Crippen LogP contribution in [0.15, 0.2) is 86.2 Å². The van der Waals surface area contributed by atoms with Crippen LogP contribution in [0.2, 0.25) is 0 Å². The van der Waals surface area contributed by atoms with E-state index < -0.39 is 0 Å². The van der Waals surface area contributed by atoms with E-state index in [1.807, 2.05) is 70.5 Å². The number of rotatable bonds is 18. The van der Waals surface area contributed by atoms with Crippen LogP contribution in [0.25, 0.3) is 0 Å². The first-order chi connectivity index (χ1) is 18.3. The van der Waals surface area contributed by atoms with Crippen LogP contribution < -0.4 is 14.5 Å². The number of anilines is 4. The smallest absolute Gasteiger partial charge is 0.323 e. The van der Waals surface area contributed by atoms with Gasteiger partial charge in [0.05, 0.1) is 6.61 Å². The summed E-state index contributed by atoms with van der Waals surface area (Å²) in [7, 11) is 0. The van der Waals surface area contributed by atoms with Crippen LogP contribution in [-0.4, -0.2) is 21.6 Å². The van der Waals surface area contributed by atoms with E-state index in [1.54, 1.807) is 12.4 Å². The molecule has 1 heterocycles. The molecule has 0 N–H and O–H groups in total. The van der Waals surface area contributed by atoms with Gasteiger partial charge in [0, 0.05) is 23.8 Å². The third-order valence-electron chi connectivity index (χ3n) is 6.19. The summed E-state index contributed by atoms with van der Waals surface area (Å²) in [6.07, 6.45) is 16.1. The van der Waals surface area contributed by atoms with Gasteiger partial charge in [0.15, 0.2) is 0 Å². The lowest BCUT2D eigenvalue weighted by Gasteiger charge is -2.22. The Hall–Kier alpha value is -3.67. The lowest BCUT2D eigenvalue weighted by molar-refractivity contribution is 0.281. The Bertz CT molecular complexity index is 988. The second-order valence-electron chi connectivity index (χ2n) is 9.02. The number of aromatic nitrogens is 3. The third-order valence-corrected chi connectivity index (χ3v) is 6.19. The first-order valence-electron chi connectivity index (χ1n) is 13.6. The average molecular weight is 500 g/mol. The van der Waals surface area contributed by atoms with Gasteiger partial charge in [-0.25, -0.2) is 0 Å². The molecule has 3 rings (SSSR count). The Morgan fingerprint density at radius 3 is 1.49 bits per heavy atom. The monoisotopic (exact) mass is 499 g/mol. The summed E-state index contributed by atoms with van der Waals surface area (Å²) in [6, 6.07) is 20.0. The van der Waals surface area contributed by atoms with Gasteiger partial charge in [0.2, 0.25) is 11.9 Å². The maximum atomic E-state index is 6.04. The van der Waals surface area contributed by atoms with E-state index in [0.29, 0.717) is 24.5 Å². The van der Waals surface area contributed by atoms with E-state index in [4.69, 9.17) is 9.72 Å². The molecule has 0 fully saturated rings. The molecule has 0 spiro atoms. The zero-order chi connectivity index (χ0) is 26.1. The second kappa shape index (κ2) is 16.1. The normalized spacial score (nSPS) is 10.6. The van der Waals surface area contributed by atoms with E-state index in [0.717, 1.165) is 24.2 Å². The van der Waals surface area contributed by atoms with Crippen LogP contribution >= 0.6 is 0 Å². The van der Waals surface area contributed by atoms with Crippen molar-refractivity contribution in [1.29, 1.82) is 0 Å². The summed E-state index contributed by atoms with van der Waals surface area (Å²) in [4.78, 5) is 17.6. The molecule has 0 saturated carbocycles. The van der Waals surface area contributed by atoms with Crippen molar-refractivity contribution in [3.05, 3.63) is 86.2 Å². The number of benzene rings is 2. The quantitative estimate of drug-likeness (QED) is 0.163. The maximum absolute atomic E-state index is 6.04. The Kier molecular flexibility index (Phi) is 12.2. The molecule has 3 aromatic rings. The first-order valence-corrected chi connectivity index (χ1v) is 13.6. The first kappa shape index (κ1) is 27.9. The molecule has 2 aromatic carbocycles. The van der Waals surface area contributed by atoms with Gasteiger partial charge in [-0.15, -0.1) is 0 Å². The minimum absolute atomic E-state index is 0.293. The molecular weight excluding hydrogens is 458 g/mol. The highest BCUT2D eigenvalue weighted by Crippen LogP contribution is 2.28. The van der Waals surface area contributed by atoms with Gasteiger partial charge in [-0.3, -0.25) is 9.80 Å². The molecule has 6 heteroatoms. The molecule has 0 aliphatic carbocycles. The van der Waals surface area contributed by atoms with Crippen molar-refractivity contribution in [2.45, 2.75) is 71.1 Å². The largest absolute Gasteiger partial charge is 0.463 e. The zero-order valence-electron chi connectivity index (χ0n) is 22.3. The fraction of sp³-hybridized carbons (Fsp3) is 0.387. The van der Waals surface area contributed by atoms with Crippen LogP contribution in [0.4, 0.5) is 23.3 Å². The number of nitrogens with zero attached hydrogens (tertiary/aromatic N) is 5. The SMILES string of the molecule is C=CN(c1ccccc1)c1nc(OCCCCCCCCCCCC)nc(N(C=C)c2ccccc2)n1. The van der Waals surface area contributed by atoms with Crippen molar-refractivity contribution in [1.82, 2.24) is 15.0 Å². The van der Waals surface area contributed by atoms with E-state index in [2.05, 4.69) is 30.0 Å². The van der Waals surface area contributed by atoms with Gasteiger partial charge >= 0.3 is 6.01 Å². The minimum Gasteiger partial charge on any atom is -0.463 e. The van der Waals surface area contributed by atoms with Gasteiger partial charge in [-0.05, 0) is 30.7 Å². The summed E-state index contributed by atoms with van der Waals surface area (Å²) < 4.78 is 6.04. The standard InChI is InChI=1S/C31H41N5O/c1-4-7-8-9-10-11-12-13-14-21-26-37-31-33-29(35(5-2)27-22-17-15-18-23-27)32-30(34-31)36(6-3)28-24-19-16-20-25-28/h5-6,15-20,22-25H,2-4,7-14,21,26H2,1H3. The molecular formula is C31H41N5O. The highest BCUT2D eigenvalue weighted by molar-refractivity contribution is 5.64. The molecule has 0 unspecified atom stereocenters. The summed E-state index contributed by atoms with van der Waals surface area (Å²) >= 11 is 0. The fourth-order valence-corrected chi connectivity index (χ4v) is 4.15. The average Bonchev–Trinajstić information content (AvgIpc) is 2.94. The lowest BCUT2D eigenvalue weighted by Crippen LogP contribution is -2.18. The minimum atomic E-state index is 0.293. The van der Waals surface area contributed by atoms with Crippen molar-refractivity contribution in [2.24, 2.45) is 0 Å². The molecule has 0 saturated heterocycles. The van der Waals surface area contributed by atoms with E-state index >= 15 is 0 Å². The second-order valence-corrected chi connectivity index (χ2v) is 9.02. The molecule has 0 atom stereocenters. The van der Waals surface area contributed by atoms with Crippen molar-refractivity contribution < 1.29 is 4.74 Å². The molecule has 196 valence electrons. The zero-order valence-corrected chi connectivity index (χ0v) is 22.3. The Balaban J connectivity index is 1.67. The van der Waals surface area contributed by atoms with Gasteiger partial charge in [-0.2, -0.15) is 15.0 Å². The number of hydrogen-bond donors (Lipinski definition) is 0. The highest BCUT2D eigenvalue weighted by Gasteiger charge is 2.18. The van der Waals surface area contributed by atoms with Crippen molar-refractivity contribution in [2.75, 3.05) is 16.4 Å². The topological polar surface area (TPSA) is 54.4 Å². The van der Waals surface area contributed by atoms with E-state index in [1.165, 1.54) is 51.4 Å². The molecule has 0 bridgehead atoms. The molecule has 0 amide bonds. The lowest BCUT2D eigenvalue weighted by atomic mass is 10.1. The van der Waals surface area contributed by atoms with Gasteiger partial charge < -0.3 is 4.74 Å². The predicted molar refractivity (Wildman–Crippen MR) is 155 cm³/mol. The Morgan fingerprint density at radius 2 is 1.05 bits per heavy atom. The predicted octanol–water partition coefficient (Wildman–Crippen LogP) is 8.73. The van der Waals surface area contributed by atoms with Crippen molar-refractivity contribution >= 4 is 23.3 Å². The summed E-state index contributed by atoms with van der Waals surface area (Å²) in [5, 5.41) is 0. The number of para-hydroxylation sites is 2. The molecule has 1 aromatic heterocycles. The highest BCUT2D eigenvalue weighted by atomic mass is 16.5.